The molecular formula is C15H14IN3O2. The molecule has 5 nitrogen and oxygen atoms in total. The lowest BCUT2D eigenvalue weighted by Crippen LogP contribution is -2.03. The Hall–Kier alpha value is -1.83. The topological polar surface area (TPSA) is 49.2 Å². The standard InChI is InChI=1S/C15H14IN3O2/c1-20-11-5-3-10(4-6-11)9-19-15-12(7-18-19)14(21-2)13(16)8-17-15/h3-8H,9H2,1-2H3. The van der Waals surface area contributed by atoms with Crippen molar-refractivity contribution in [3.05, 3.63) is 45.8 Å². The molecule has 0 aliphatic heterocycles. The molecule has 0 saturated heterocycles. The van der Waals surface area contributed by atoms with Crippen molar-refractivity contribution in [3.8, 4) is 11.5 Å². The zero-order valence-corrected chi connectivity index (χ0v) is 13.9. The van der Waals surface area contributed by atoms with Gasteiger partial charge in [0, 0.05) is 6.20 Å². The predicted octanol–water partition coefficient (Wildman–Crippen LogP) is 3.10. The molecule has 0 spiro atoms. The summed E-state index contributed by atoms with van der Waals surface area (Å²) in [6.45, 7) is 0.657. The molecule has 0 bridgehead atoms. The van der Waals surface area contributed by atoms with E-state index in [1.807, 2.05) is 28.9 Å². The third kappa shape index (κ3) is 2.67. The number of halogens is 1. The molecule has 1 aromatic carbocycles. The van der Waals surface area contributed by atoms with E-state index in [-0.39, 0.29) is 0 Å². The minimum Gasteiger partial charge on any atom is -0.497 e. The molecule has 0 atom stereocenters. The van der Waals surface area contributed by atoms with Crippen LogP contribution in [0.1, 0.15) is 5.56 Å². The van der Waals surface area contributed by atoms with Gasteiger partial charge in [-0.05, 0) is 40.3 Å². The lowest BCUT2D eigenvalue weighted by Gasteiger charge is -2.07. The van der Waals surface area contributed by atoms with Crippen LogP contribution in [-0.4, -0.2) is 29.0 Å². The third-order valence-electron chi connectivity index (χ3n) is 3.27. The van der Waals surface area contributed by atoms with Gasteiger partial charge < -0.3 is 9.47 Å². The van der Waals surface area contributed by atoms with Crippen molar-refractivity contribution >= 4 is 33.6 Å². The van der Waals surface area contributed by atoms with E-state index in [1.54, 1.807) is 26.6 Å². The molecular weight excluding hydrogens is 381 g/mol. The van der Waals surface area contributed by atoms with Crippen LogP contribution in [0.4, 0.5) is 0 Å². The van der Waals surface area contributed by atoms with Crippen molar-refractivity contribution in [1.82, 2.24) is 14.8 Å². The molecule has 0 radical (unpaired) electrons. The lowest BCUT2D eigenvalue weighted by atomic mass is 10.2. The molecule has 0 unspecified atom stereocenters. The number of pyridine rings is 1. The van der Waals surface area contributed by atoms with Gasteiger partial charge in [-0.3, -0.25) is 0 Å². The van der Waals surface area contributed by atoms with Crippen LogP contribution in [0.25, 0.3) is 11.0 Å². The van der Waals surface area contributed by atoms with Gasteiger partial charge >= 0.3 is 0 Å². The molecule has 21 heavy (non-hydrogen) atoms. The lowest BCUT2D eigenvalue weighted by molar-refractivity contribution is 0.414. The number of hydrogen-bond acceptors (Lipinski definition) is 4. The zero-order chi connectivity index (χ0) is 14.8. The van der Waals surface area contributed by atoms with Crippen molar-refractivity contribution in [1.29, 1.82) is 0 Å². The quantitative estimate of drug-likeness (QED) is 0.638. The number of methoxy groups -OCH3 is 2. The third-order valence-corrected chi connectivity index (χ3v) is 4.04. The molecule has 2 aromatic heterocycles. The van der Waals surface area contributed by atoms with Crippen LogP contribution in [-0.2, 0) is 6.54 Å². The number of rotatable bonds is 4. The van der Waals surface area contributed by atoms with E-state index in [1.165, 1.54) is 0 Å². The van der Waals surface area contributed by atoms with E-state index in [4.69, 9.17) is 9.47 Å². The second-order valence-corrected chi connectivity index (χ2v) is 5.69. The van der Waals surface area contributed by atoms with Gasteiger partial charge in [-0.2, -0.15) is 5.10 Å². The van der Waals surface area contributed by atoms with Crippen LogP contribution in [0, 0.1) is 3.57 Å². The summed E-state index contributed by atoms with van der Waals surface area (Å²) in [7, 11) is 3.32. The molecule has 0 aliphatic carbocycles. The maximum atomic E-state index is 5.43. The molecule has 3 rings (SSSR count). The second kappa shape index (κ2) is 5.88. The van der Waals surface area contributed by atoms with Gasteiger partial charge in [0.15, 0.2) is 5.65 Å². The first-order valence-electron chi connectivity index (χ1n) is 6.40. The maximum Gasteiger partial charge on any atom is 0.161 e. The van der Waals surface area contributed by atoms with Crippen molar-refractivity contribution in [3.63, 3.8) is 0 Å². The van der Waals surface area contributed by atoms with E-state index in [0.717, 1.165) is 31.7 Å². The maximum absolute atomic E-state index is 5.43. The van der Waals surface area contributed by atoms with Gasteiger partial charge in [0.2, 0.25) is 0 Å². The summed E-state index contributed by atoms with van der Waals surface area (Å²) in [5.74, 6) is 1.67. The molecule has 6 heteroatoms. The molecule has 0 saturated carbocycles. The van der Waals surface area contributed by atoms with E-state index >= 15 is 0 Å². The normalized spacial score (nSPS) is 10.8. The predicted molar refractivity (Wildman–Crippen MR) is 88.9 cm³/mol. The number of benzene rings is 1. The van der Waals surface area contributed by atoms with Crippen molar-refractivity contribution in [2.24, 2.45) is 0 Å². The first-order chi connectivity index (χ1) is 10.2. The molecule has 108 valence electrons. The Kier molecular flexibility index (Phi) is 3.96. The molecule has 2 heterocycles. The number of hydrogen-bond donors (Lipinski definition) is 0. The highest BCUT2D eigenvalue weighted by Crippen LogP contribution is 2.29. The van der Waals surface area contributed by atoms with Crippen molar-refractivity contribution < 1.29 is 9.47 Å². The second-order valence-electron chi connectivity index (χ2n) is 4.53. The average Bonchev–Trinajstić information content (AvgIpc) is 2.91. The van der Waals surface area contributed by atoms with Gasteiger partial charge in [-0.25, -0.2) is 9.67 Å². The highest BCUT2D eigenvalue weighted by molar-refractivity contribution is 14.1. The van der Waals surface area contributed by atoms with Gasteiger partial charge in [0.25, 0.3) is 0 Å². The number of aromatic nitrogens is 3. The molecule has 0 amide bonds. The number of ether oxygens (including phenoxy) is 2. The Bertz CT molecular complexity index is 768. The van der Waals surface area contributed by atoms with E-state index in [2.05, 4.69) is 32.7 Å². The monoisotopic (exact) mass is 395 g/mol. The summed E-state index contributed by atoms with van der Waals surface area (Å²) in [5, 5.41) is 5.35. The summed E-state index contributed by atoms with van der Waals surface area (Å²) in [6.07, 6.45) is 3.60. The van der Waals surface area contributed by atoms with Gasteiger partial charge in [-0.1, -0.05) is 12.1 Å². The minimum atomic E-state index is 0.657. The Balaban J connectivity index is 1.97. The fourth-order valence-electron chi connectivity index (χ4n) is 2.21. The van der Waals surface area contributed by atoms with Gasteiger partial charge in [0.1, 0.15) is 11.5 Å². The summed E-state index contributed by atoms with van der Waals surface area (Å²) < 4.78 is 13.4. The van der Waals surface area contributed by atoms with E-state index in [0.29, 0.717) is 6.54 Å². The van der Waals surface area contributed by atoms with E-state index in [9.17, 15) is 0 Å². The molecule has 0 N–H and O–H groups in total. The van der Waals surface area contributed by atoms with Crippen LogP contribution in [0.3, 0.4) is 0 Å². The Labute approximate surface area is 136 Å². The minimum absolute atomic E-state index is 0.657. The average molecular weight is 395 g/mol. The smallest absolute Gasteiger partial charge is 0.161 e. The van der Waals surface area contributed by atoms with E-state index < -0.39 is 0 Å². The summed E-state index contributed by atoms with van der Waals surface area (Å²) in [4.78, 5) is 4.47. The largest absolute Gasteiger partial charge is 0.497 e. The van der Waals surface area contributed by atoms with Crippen LogP contribution in [0.2, 0.25) is 0 Å². The highest BCUT2D eigenvalue weighted by Gasteiger charge is 2.12. The van der Waals surface area contributed by atoms with Crippen LogP contribution in [0.5, 0.6) is 11.5 Å². The van der Waals surface area contributed by atoms with Gasteiger partial charge in [0.05, 0.1) is 35.9 Å². The Morgan fingerprint density at radius 1 is 1.10 bits per heavy atom. The summed E-state index contributed by atoms with van der Waals surface area (Å²) in [5.41, 5.74) is 1.96. The van der Waals surface area contributed by atoms with Crippen LogP contribution in [0.15, 0.2) is 36.7 Å². The first-order valence-corrected chi connectivity index (χ1v) is 7.47. The molecule has 0 aliphatic rings. The fourth-order valence-corrected chi connectivity index (χ4v) is 2.86. The number of nitrogens with zero attached hydrogens (tertiary/aromatic N) is 3. The van der Waals surface area contributed by atoms with Crippen LogP contribution < -0.4 is 9.47 Å². The molecule has 3 aromatic rings. The first kappa shape index (κ1) is 14.1. The SMILES string of the molecule is COc1ccc(Cn2ncc3c(OC)c(I)cnc32)cc1. The zero-order valence-electron chi connectivity index (χ0n) is 11.7. The Morgan fingerprint density at radius 2 is 1.86 bits per heavy atom. The van der Waals surface area contributed by atoms with Crippen LogP contribution >= 0.6 is 22.6 Å². The van der Waals surface area contributed by atoms with Gasteiger partial charge in [-0.15, -0.1) is 0 Å². The van der Waals surface area contributed by atoms with Crippen molar-refractivity contribution in [2.75, 3.05) is 14.2 Å². The summed E-state index contributed by atoms with van der Waals surface area (Å²) >= 11 is 2.21. The highest BCUT2D eigenvalue weighted by atomic mass is 127. The van der Waals surface area contributed by atoms with Crippen molar-refractivity contribution in [2.45, 2.75) is 6.54 Å². The molecule has 0 fully saturated rings. The Morgan fingerprint density at radius 3 is 2.52 bits per heavy atom. The fraction of sp³-hybridized carbons (Fsp3) is 0.200. The number of fused-ring (bicyclic) bond motifs is 1. The summed E-state index contributed by atoms with van der Waals surface area (Å²) in [6, 6.07) is 7.93.